The number of rotatable bonds is 5. The van der Waals surface area contributed by atoms with E-state index in [2.05, 4.69) is 57.4 Å². The third kappa shape index (κ3) is 4.57. The number of piperazine rings is 1. The number of nitriles is 1. The molecule has 5 heterocycles. The van der Waals surface area contributed by atoms with Gasteiger partial charge in [0.25, 0.3) is 0 Å². The molecule has 2 aromatic carbocycles. The van der Waals surface area contributed by atoms with Crippen molar-refractivity contribution in [3.8, 4) is 12.1 Å². The number of likely N-dealkylation sites (tertiary alicyclic amines) is 1. The molecule has 0 aliphatic carbocycles. The van der Waals surface area contributed by atoms with E-state index in [0.29, 0.717) is 31.2 Å². The van der Waals surface area contributed by atoms with Crippen molar-refractivity contribution < 1.29 is 4.74 Å². The second-order valence-corrected chi connectivity index (χ2v) is 11.9. The zero-order chi connectivity index (χ0) is 26.5. The molecule has 3 saturated heterocycles. The quantitative estimate of drug-likeness (QED) is 0.517. The Bertz CT molecular complexity index is 1440. The summed E-state index contributed by atoms with van der Waals surface area (Å²) in [7, 11) is 2.16. The van der Waals surface area contributed by atoms with Gasteiger partial charge in [-0.25, -0.2) is 0 Å². The molecular weight excluding hydrogens is 510 g/mol. The van der Waals surface area contributed by atoms with Gasteiger partial charge in [0, 0.05) is 54.4 Å². The number of benzene rings is 2. The molecule has 3 aromatic rings. The maximum atomic E-state index is 9.66. The lowest BCUT2D eigenvalue weighted by molar-refractivity contribution is 0.187. The van der Waals surface area contributed by atoms with Gasteiger partial charge in [0.1, 0.15) is 12.4 Å². The monoisotopic (exact) mass is 543 g/mol. The lowest BCUT2D eigenvalue weighted by Crippen LogP contribution is -2.53. The predicted molar refractivity (Wildman–Crippen MR) is 154 cm³/mol. The van der Waals surface area contributed by atoms with Gasteiger partial charge in [-0.1, -0.05) is 35.9 Å². The summed E-state index contributed by atoms with van der Waals surface area (Å²) < 4.78 is 6.30. The van der Waals surface area contributed by atoms with Gasteiger partial charge in [-0.05, 0) is 56.8 Å². The normalized spacial score (nSPS) is 26.6. The smallest absolute Gasteiger partial charge is 0.318 e. The number of hydrogen-bond donors (Lipinski definition) is 1. The molecular formula is C30H34ClN7O. The van der Waals surface area contributed by atoms with Crippen molar-refractivity contribution in [1.82, 2.24) is 20.2 Å². The van der Waals surface area contributed by atoms with Crippen molar-refractivity contribution in [1.29, 1.82) is 5.26 Å². The number of aromatic nitrogens is 2. The number of nitrogens with one attached hydrogen (secondary N) is 1. The molecule has 39 heavy (non-hydrogen) atoms. The minimum atomic E-state index is 0.0536. The first-order chi connectivity index (χ1) is 19.1. The lowest BCUT2D eigenvalue weighted by Gasteiger charge is -2.37. The maximum absolute atomic E-state index is 9.66. The van der Waals surface area contributed by atoms with Crippen molar-refractivity contribution in [2.45, 2.75) is 50.4 Å². The molecule has 2 bridgehead atoms. The average Bonchev–Trinajstić information content (AvgIpc) is 3.50. The van der Waals surface area contributed by atoms with Crippen LogP contribution in [0.3, 0.4) is 0 Å². The molecule has 0 radical (unpaired) electrons. The average molecular weight is 544 g/mol. The number of anilines is 2. The van der Waals surface area contributed by atoms with Crippen LogP contribution in [0.4, 0.5) is 11.5 Å². The molecule has 4 aliphatic rings. The van der Waals surface area contributed by atoms with Crippen molar-refractivity contribution in [2.24, 2.45) is 5.92 Å². The Morgan fingerprint density at radius 1 is 1.13 bits per heavy atom. The SMILES string of the molecule is CN1CCCC1COc1nc2c(c(N3CC4CC(C#N)C(C3)N4)n1)CCN(c1cccc3cccc(Cl)c13)C2. The highest BCUT2D eigenvalue weighted by atomic mass is 35.5. The van der Waals surface area contributed by atoms with Gasteiger partial charge < -0.3 is 24.8 Å². The largest absolute Gasteiger partial charge is 0.462 e. The molecule has 0 amide bonds. The van der Waals surface area contributed by atoms with Crippen LogP contribution in [0, 0.1) is 17.2 Å². The molecule has 0 spiro atoms. The summed E-state index contributed by atoms with van der Waals surface area (Å²) in [4.78, 5) is 17.1. The molecule has 0 saturated carbocycles. The third-order valence-electron chi connectivity index (χ3n) is 9.07. The molecule has 202 valence electrons. The maximum Gasteiger partial charge on any atom is 0.318 e. The highest BCUT2D eigenvalue weighted by molar-refractivity contribution is 6.36. The summed E-state index contributed by atoms with van der Waals surface area (Å²) >= 11 is 6.69. The van der Waals surface area contributed by atoms with E-state index in [1.165, 1.54) is 12.0 Å². The summed E-state index contributed by atoms with van der Waals surface area (Å²) in [6.07, 6.45) is 4.09. The molecule has 7 rings (SSSR count). The number of halogens is 1. The first-order valence-electron chi connectivity index (χ1n) is 14.1. The first-order valence-corrected chi connectivity index (χ1v) is 14.5. The second kappa shape index (κ2) is 10.1. The Labute approximate surface area is 234 Å². The number of hydrogen-bond acceptors (Lipinski definition) is 8. The number of likely N-dealkylation sites (N-methyl/N-ethyl adjacent to an activating group) is 1. The first kappa shape index (κ1) is 24.9. The standard InChI is InChI=1S/C30H34ClN7O/c1-36-11-4-7-22(36)18-39-30-34-26-17-37(27-9-3-6-19-5-2-8-24(31)28(19)27)12-10-23(26)29(35-30)38-15-21-13-20(14-32)25(16-38)33-21/h2-3,5-6,8-9,20-22,25,33H,4,7,10-13,15-18H2,1H3. The van der Waals surface area contributed by atoms with Gasteiger partial charge in [-0.3, -0.25) is 0 Å². The Morgan fingerprint density at radius 3 is 2.82 bits per heavy atom. The molecule has 4 aliphatic heterocycles. The number of ether oxygens (including phenoxy) is 1. The summed E-state index contributed by atoms with van der Waals surface area (Å²) in [6.45, 7) is 4.88. The van der Waals surface area contributed by atoms with E-state index in [-0.39, 0.29) is 12.0 Å². The van der Waals surface area contributed by atoms with Crippen LogP contribution in [0.25, 0.3) is 10.8 Å². The highest BCUT2D eigenvalue weighted by Gasteiger charge is 2.41. The van der Waals surface area contributed by atoms with Gasteiger partial charge in [-0.15, -0.1) is 0 Å². The molecule has 8 nitrogen and oxygen atoms in total. The van der Waals surface area contributed by atoms with Gasteiger partial charge >= 0.3 is 6.01 Å². The fourth-order valence-electron chi connectivity index (χ4n) is 6.98. The Kier molecular flexibility index (Phi) is 6.46. The van der Waals surface area contributed by atoms with Crippen molar-refractivity contribution in [3.63, 3.8) is 0 Å². The van der Waals surface area contributed by atoms with Crippen molar-refractivity contribution >= 4 is 33.9 Å². The van der Waals surface area contributed by atoms with Crippen LogP contribution in [0.15, 0.2) is 36.4 Å². The Morgan fingerprint density at radius 2 is 2.00 bits per heavy atom. The van der Waals surface area contributed by atoms with E-state index in [1.54, 1.807) is 0 Å². The van der Waals surface area contributed by atoms with E-state index >= 15 is 0 Å². The molecule has 3 fully saturated rings. The van der Waals surface area contributed by atoms with Gasteiger partial charge in [0.05, 0.1) is 29.2 Å². The lowest BCUT2D eigenvalue weighted by atomic mass is 10.0. The van der Waals surface area contributed by atoms with Crippen molar-refractivity contribution in [3.05, 3.63) is 52.7 Å². The molecule has 9 heteroatoms. The molecule has 1 aromatic heterocycles. The number of fused-ring (bicyclic) bond motifs is 4. The van der Waals surface area contributed by atoms with Crippen LogP contribution >= 0.6 is 11.6 Å². The molecule has 4 unspecified atom stereocenters. The van der Waals surface area contributed by atoms with Crippen LogP contribution in [0.1, 0.15) is 30.5 Å². The predicted octanol–water partition coefficient (Wildman–Crippen LogP) is 4.01. The van der Waals surface area contributed by atoms with E-state index in [4.69, 9.17) is 26.3 Å². The summed E-state index contributed by atoms with van der Waals surface area (Å²) in [5, 5.41) is 16.3. The van der Waals surface area contributed by atoms with Gasteiger partial charge in [0.15, 0.2) is 0 Å². The zero-order valence-electron chi connectivity index (χ0n) is 22.3. The molecule has 1 N–H and O–H groups in total. The van der Waals surface area contributed by atoms with E-state index in [1.807, 2.05) is 12.1 Å². The number of nitrogens with zero attached hydrogens (tertiary/aromatic N) is 6. The third-order valence-corrected chi connectivity index (χ3v) is 9.38. The Hall–Kier alpha value is -3.12. The fraction of sp³-hybridized carbons (Fsp3) is 0.500. The van der Waals surface area contributed by atoms with Gasteiger partial charge in [-0.2, -0.15) is 15.2 Å². The van der Waals surface area contributed by atoms with Gasteiger partial charge in [0.2, 0.25) is 0 Å². The van der Waals surface area contributed by atoms with Crippen LogP contribution in [0.5, 0.6) is 6.01 Å². The fourth-order valence-corrected chi connectivity index (χ4v) is 7.26. The van der Waals surface area contributed by atoms with Crippen molar-refractivity contribution in [2.75, 3.05) is 49.6 Å². The minimum absolute atomic E-state index is 0.0536. The van der Waals surface area contributed by atoms with Crippen LogP contribution in [-0.2, 0) is 13.0 Å². The van der Waals surface area contributed by atoms with E-state index in [0.717, 1.165) is 78.4 Å². The highest BCUT2D eigenvalue weighted by Crippen LogP contribution is 2.38. The summed E-state index contributed by atoms with van der Waals surface area (Å²) in [5.41, 5.74) is 3.36. The second-order valence-electron chi connectivity index (χ2n) is 11.5. The van der Waals surface area contributed by atoms with Crippen LogP contribution in [0.2, 0.25) is 5.02 Å². The van der Waals surface area contributed by atoms with Crippen LogP contribution in [-0.4, -0.2) is 72.8 Å². The topological polar surface area (TPSA) is 80.5 Å². The summed E-state index contributed by atoms with van der Waals surface area (Å²) in [6, 6.07) is 16.3. The molecule has 4 atom stereocenters. The summed E-state index contributed by atoms with van der Waals surface area (Å²) in [5.74, 6) is 1.04. The Balaban J connectivity index is 1.23. The zero-order valence-corrected chi connectivity index (χ0v) is 23.1. The van der Waals surface area contributed by atoms with E-state index < -0.39 is 0 Å². The van der Waals surface area contributed by atoms with Crippen LogP contribution < -0.4 is 19.9 Å². The van der Waals surface area contributed by atoms with E-state index in [9.17, 15) is 5.26 Å². The minimum Gasteiger partial charge on any atom is -0.462 e.